The Morgan fingerprint density at radius 1 is 1.20 bits per heavy atom. The molecule has 1 aromatic carbocycles. The zero-order valence-corrected chi connectivity index (χ0v) is 13.1. The Balaban J connectivity index is 2.09. The van der Waals surface area contributed by atoms with Gasteiger partial charge in [0.25, 0.3) is 0 Å². The molecule has 0 aliphatic heterocycles. The minimum Gasteiger partial charge on any atom is -0.330 e. The molecule has 0 aliphatic rings. The molecule has 1 heterocycles. The molecule has 4 nitrogen and oxygen atoms in total. The molecule has 0 atom stereocenters. The highest BCUT2D eigenvalue weighted by molar-refractivity contribution is 7.91. The van der Waals surface area contributed by atoms with Crippen molar-refractivity contribution in [1.82, 2.24) is 4.72 Å². The fourth-order valence-corrected chi connectivity index (χ4v) is 4.29. The fraction of sp³-hybridized carbons (Fsp3) is 0.231. The van der Waals surface area contributed by atoms with Gasteiger partial charge in [0, 0.05) is 16.4 Å². The van der Waals surface area contributed by atoms with Crippen LogP contribution in [0.25, 0.3) is 0 Å². The first-order valence-electron chi connectivity index (χ1n) is 6.05. The van der Waals surface area contributed by atoms with Gasteiger partial charge in [-0.05, 0) is 36.7 Å². The van der Waals surface area contributed by atoms with E-state index in [4.69, 9.17) is 17.3 Å². The maximum atomic E-state index is 12.2. The zero-order chi connectivity index (χ0) is 14.6. The van der Waals surface area contributed by atoms with Gasteiger partial charge in [-0.1, -0.05) is 29.8 Å². The van der Waals surface area contributed by atoms with Gasteiger partial charge < -0.3 is 5.73 Å². The number of hydrogen-bond acceptors (Lipinski definition) is 4. The molecule has 20 heavy (non-hydrogen) atoms. The first-order chi connectivity index (χ1) is 9.53. The van der Waals surface area contributed by atoms with Crippen LogP contribution in [0.15, 0.2) is 40.6 Å². The third-order valence-electron chi connectivity index (χ3n) is 2.70. The van der Waals surface area contributed by atoms with E-state index in [1.165, 1.54) is 11.3 Å². The second-order valence-corrected chi connectivity index (χ2v) is 7.74. The van der Waals surface area contributed by atoms with Crippen molar-refractivity contribution < 1.29 is 8.42 Å². The van der Waals surface area contributed by atoms with Gasteiger partial charge in [-0.25, -0.2) is 13.1 Å². The Morgan fingerprint density at radius 2 is 1.95 bits per heavy atom. The normalized spacial score (nSPS) is 11.7. The summed E-state index contributed by atoms with van der Waals surface area (Å²) in [6.45, 7) is 0.680. The summed E-state index contributed by atoms with van der Waals surface area (Å²) in [4.78, 5) is 0.964. The minimum absolute atomic E-state index is 0.173. The smallest absolute Gasteiger partial charge is 0.250 e. The number of hydrogen-bond donors (Lipinski definition) is 2. The van der Waals surface area contributed by atoms with Crippen molar-refractivity contribution in [2.75, 3.05) is 6.54 Å². The van der Waals surface area contributed by atoms with Crippen molar-refractivity contribution >= 4 is 33.0 Å². The maximum absolute atomic E-state index is 12.2. The molecule has 0 bridgehead atoms. The SMILES string of the molecule is NCCc1ccc(S(=O)(=O)NCc2ccccc2Cl)s1. The maximum Gasteiger partial charge on any atom is 0.250 e. The molecular weight excluding hydrogens is 316 g/mol. The van der Waals surface area contributed by atoms with Gasteiger partial charge in [-0.15, -0.1) is 11.3 Å². The quantitative estimate of drug-likeness (QED) is 0.854. The van der Waals surface area contributed by atoms with E-state index in [2.05, 4.69) is 4.72 Å². The van der Waals surface area contributed by atoms with Crippen molar-refractivity contribution in [2.45, 2.75) is 17.2 Å². The Morgan fingerprint density at radius 3 is 2.65 bits per heavy atom. The van der Waals surface area contributed by atoms with E-state index in [1.54, 1.807) is 30.3 Å². The van der Waals surface area contributed by atoms with Crippen LogP contribution in [-0.4, -0.2) is 15.0 Å². The largest absolute Gasteiger partial charge is 0.330 e. The lowest BCUT2D eigenvalue weighted by Gasteiger charge is -2.06. The van der Waals surface area contributed by atoms with E-state index in [-0.39, 0.29) is 6.54 Å². The van der Waals surface area contributed by atoms with Crippen LogP contribution in [0, 0.1) is 0 Å². The number of sulfonamides is 1. The Hall–Kier alpha value is -0.920. The van der Waals surface area contributed by atoms with E-state index in [0.29, 0.717) is 22.2 Å². The summed E-state index contributed by atoms with van der Waals surface area (Å²) in [5, 5.41) is 0.546. The summed E-state index contributed by atoms with van der Waals surface area (Å²) in [6.07, 6.45) is 0.685. The van der Waals surface area contributed by atoms with Crippen LogP contribution in [-0.2, 0) is 23.0 Å². The van der Waals surface area contributed by atoms with E-state index in [0.717, 1.165) is 10.4 Å². The van der Waals surface area contributed by atoms with Gasteiger partial charge in [0.15, 0.2) is 0 Å². The van der Waals surface area contributed by atoms with Crippen LogP contribution in [0.1, 0.15) is 10.4 Å². The van der Waals surface area contributed by atoms with Crippen LogP contribution < -0.4 is 10.5 Å². The molecular formula is C13H15ClN2O2S2. The van der Waals surface area contributed by atoms with Gasteiger partial charge in [0.2, 0.25) is 10.0 Å². The summed E-state index contributed by atoms with van der Waals surface area (Å²) >= 11 is 7.24. The number of halogens is 1. The molecule has 0 aliphatic carbocycles. The number of thiophene rings is 1. The first-order valence-corrected chi connectivity index (χ1v) is 8.72. The summed E-state index contributed by atoms with van der Waals surface area (Å²) in [7, 11) is -3.50. The zero-order valence-electron chi connectivity index (χ0n) is 10.7. The summed E-state index contributed by atoms with van der Waals surface area (Å²) < 4.78 is 27.2. The van der Waals surface area contributed by atoms with Crippen LogP contribution >= 0.6 is 22.9 Å². The monoisotopic (exact) mass is 330 g/mol. The standard InChI is InChI=1S/C13H15ClN2O2S2/c14-12-4-2-1-3-10(12)9-16-20(17,18)13-6-5-11(19-13)7-8-15/h1-6,16H,7-9,15H2. The van der Waals surface area contributed by atoms with E-state index >= 15 is 0 Å². The molecule has 0 fully saturated rings. The molecule has 0 spiro atoms. The van der Waals surface area contributed by atoms with Crippen molar-refractivity contribution in [3.63, 3.8) is 0 Å². The van der Waals surface area contributed by atoms with Gasteiger partial charge >= 0.3 is 0 Å². The Bertz CT molecular complexity index is 683. The van der Waals surface area contributed by atoms with E-state index in [1.807, 2.05) is 6.07 Å². The fourth-order valence-electron chi connectivity index (χ4n) is 1.66. The number of nitrogens with two attached hydrogens (primary N) is 1. The van der Waals surface area contributed by atoms with Crippen molar-refractivity contribution in [3.05, 3.63) is 51.9 Å². The predicted molar refractivity (Wildman–Crippen MR) is 82.6 cm³/mol. The average Bonchev–Trinajstić information content (AvgIpc) is 2.88. The van der Waals surface area contributed by atoms with E-state index in [9.17, 15) is 8.42 Å². The molecule has 2 aromatic rings. The molecule has 1 aromatic heterocycles. The van der Waals surface area contributed by atoms with Gasteiger partial charge in [-0.2, -0.15) is 0 Å². The van der Waals surface area contributed by atoms with Crippen LogP contribution in [0.5, 0.6) is 0 Å². The lowest BCUT2D eigenvalue weighted by molar-refractivity contribution is 0.583. The molecule has 0 amide bonds. The molecule has 7 heteroatoms. The molecule has 0 saturated carbocycles. The lowest BCUT2D eigenvalue weighted by Crippen LogP contribution is -2.22. The number of benzene rings is 1. The van der Waals surface area contributed by atoms with Gasteiger partial charge in [0.1, 0.15) is 4.21 Å². The van der Waals surface area contributed by atoms with Crippen molar-refractivity contribution in [1.29, 1.82) is 0 Å². The van der Waals surface area contributed by atoms with Crippen molar-refractivity contribution in [3.8, 4) is 0 Å². The molecule has 0 radical (unpaired) electrons. The first kappa shape index (κ1) is 15.5. The minimum atomic E-state index is -3.50. The molecule has 108 valence electrons. The van der Waals surface area contributed by atoms with Crippen LogP contribution in [0.3, 0.4) is 0 Å². The third kappa shape index (κ3) is 3.80. The summed E-state index contributed by atoms with van der Waals surface area (Å²) in [6, 6.07) is 10.5. The highest BCUT2D eigenvalue weighted by Gasteiger charge is 2.16. The molecule has 0 saturated heterocycles. The number of nitrogens with one attached hydrogen (secondary N) is 1. The second kappa shape index (κ2) is 6.69. The van der Waals surface area contributed by atoms with Gasteiger partial charge in [-0.3, -0.25) is 0 Å². The van der Waals surface area contributed by atoms with Crippen molar-refractivity contribution in [2.24, 2.45) is 5.73 Å². The third-order valence-corrected chi connectivity index (χ3v) is 6.11. The van der Waals surface area contributed by atoms with E-state index < -0.39 is 10.0 Å². The highest BCUT2D eigenvalue weighted by atomic mass is 35.5. The topological polar surface area (TPSA) is 72.2 Å². The molecule has 2 rings (SSSR count). The summed E-state index contributed by atoms with van der Waals surface area (Å²) in [5.41, 5.74) is 6.20. The summed E-state index contributed by atoms with van der Waals surface area (Å²) in [5.74, 6) is 0. The molecule has 0 unspecified atom stereocenters. The van der Waals surface area contributed by atoms with Gasteiger partial charge in [0.05, 0.1) is 0 Å². The highest BCUT2D eigenvalue weighted by Crippen LogP contribution is 2.22. The predicted octanol–water partition coefficient (Wildman–Crippen LogP) is 2.38. The second-order valence-electron chi connectivity index (χ2n) is 4.18. The Kier molecular flexibility index (Phi) is 5.17. The Labute approximate surface area is 127 Å². The van der Waals surface area contributed by atoms with Crippen LogP contribution in [0.2, 0.25) is 5.02 Å². The van der Waals surface area contributed by atoms with Crippen LogP contribution in [0.4, 0.5) is 0 Å². The average molecular weight is 331 g/mol. The molecule has 3 N–H and O–H groups in total. The lowest BCUT2D eigenvalue weighted by atomic mass is 10.2. The number of rotatable bonds is 6.